The van der Waals surface area contributed by atoms with Crippen molar-refractivity contribution in [2.24, 2.45) is 4.99 Å². The minimum atomic E-state index is 0. The summed E-state index contributed by atoms with van der Waals surface area (Å²) in [4.78, 5) is 10.9. The van der Waals surface area contributed by atoms with E-state index < -0.39 is 0 Å². The first-order valence-electron chi connectivity index (χ1n) is 7.47. The standard InChI is InChI=1S/C17H24N4S.HI/c1-13-6-5-7-15(10-13)8-9-19-17(18-3)21(4)11-16-12-22-14(2)20-16;/h5-7,10,12H,8-9,11H2,1-4H3,(H,18,19);1H. The summed E-state index contributed by atoms with van der Waals surface area (Å²) in [6.45, 7) is 5.80. The van der Waals surface area contributed by atoms with Gasteiger partial charge in [0.2, 0.25) is 0 Å². The predicted molar refractivity (Wildman–Crippen MR) is 110 cm³/mol. The average Bonchev–Trinajstić information content (AvgIpc) is 2.88. The molecule has 6 heteroatoms. The fraction of sp³-hybridized carbons (Fsp3) is 0.412. The van der Waals surface area contributed by atoms with Gasteiger partial charge in [-0.15, -0.1) is 35.3 Å². The normalized spacial score (nSPS) is 11.0. The van der Waals surface area contributed by atoms with Gasteiger partial charge < -0.3 is 10.2 Å². The number of guanidine groups is 1. The molecular formula is C17H25IN4S. The van der Waals surface area contributed by atoms with Gasteiger partial charge >= 0.3 is 0 Å². The van der Waals surface area contributed by atoms with Gasteiger partial charge in [-0.05, 0) is 25.8 Å². The summed E-state index contributed by atoms with van der Waals surface area (Å²) in [7, 11) is 3.86. The molecule has 0 atom stereocenters. The molecule has 2 aromatic rings. The average molecular weight is 444 g/mol. The van der Waals surface area contributed by atoms with Gasteiger partial charge in [0.05, 0.1) is 17.2 Å². The number of thiazole rings is 1. The van der Waals surface area contributed by atoms with Gasteiger partial charge in [-0.2, -0.15) is 0 Å². The number of rotatable bonds is 5. The van der Waals surface area contributed by atoms with Crippen LogP contribution in [0.5, 0.6) is 0 Å². The second kappa shape index (κ2) is 9.87. The van der Waals surface area contributed by atoms with E-state index in [4.69, 9.17) is 0 Å². The van der Waals surface area contributed by atoms with Gasteiger partial charge in [-0.25, -0.2) is 4.98 Å². The van der Waals surface area contributed by atoms with Crippen LogP contribution in [0.15, 0.2) is 34.6 Å². The molecule has 0 aliphatic rings. The van der Waals surface area contributed by atoms with Crippen molar-refractivity contribution < 1.29 is 0 Å². The van der Waals surface area contributed by atoms with E-state index in [-0.39, 0.29) is 24.0 Å². The van der Waals surface area contributed by atoms with E-state index in [1.807, 2.05) is 21.0 Å². The van der Waals surface area contributed by atoms with Crippen molar-refractivity contribution in [3.05, 3.63) is 51.5 Å². The number of hydrogen-bond donors (Lipinski definition) is 1. The van der Waals surface area contributed by atoms with E-state index in [2.05, 4.69) is 56.8 Å². The maximum atomic E-state index is 4.50. The first kappa shape index (κ1) is 19.9. The van der Waals surface area contributed by atoms with Gasteiger partial charge in [0.1, 0.15) is 0 Å². The molecular weight excluding hydrogens is 419 g/mol. The van der Waals surface area contributed by atoms with Crippen molar-refractivity contribution in [1.29, 1.82) is 0 Å². The maximum absolute atomic E-state index is 4.50. The Morgan fingerprint density at radius 1 is 1.35 bits per heavy atom. The van der Waals surface area contributed by atoms with Crippen LogP contribution in [0.25, 0.3) is 0 Å². The Morgan fingerprint density at radius 2 is 2.13 bits per heavy atom. The van der Waals surface area contributed by atoms with Gasteiger partial charge in [-0.3, -0.25) is 4.99 Å². The Balaban J connectivity index is 0.00000264. The molecule has 126 valence electrons. The van der Waals surface area contributed by atoms with Crippen LogP contribution >= 0.6 is 35.3 Å². The van der Waals surface area contributed by atoms with Gasteiger partial charge in [0.25, 0.3) is 0 Å². The molecule has 1 aromatic carbocycles. The molecule has 0 fully saturated rings. The molecule has 23 heavy (non-hydrogen) atoms. The lowest BCUT2D eigenvalue weighted by Gasteiger charge is -2.21. The summed E-state index contributed by atoms with van der Waals surface area (Å²) in [6.07, 6.45) is 0.990. The highest BCUT2D eigenvalue weighted by atomic mass is 127. The van der Waals surface area contributed by atoms with E-state index >= 15 is 0 Å². The number of hydrogen-bond acceptors (Lipinski definition) is 3. The van der Waals surface area contributed by atoms with E-state index in [1.165, 1.54) is 11.1 Å². The lowest BCUT2D eigenvalue weighted by molar-refractivity contribution is 0.471. The van der Waals surface area contributed by atoms with Crippen molar-refractivity contribution in [1.82, 2.24) is 15.2 Å². The summed E-state index contributed by atoms with van der Waals surface area (Å²) in [6, 6.07) is 8.63. The van der Waals surface area contributed by atoms with Crippen molar-refractivity contribution in [2.45, 2.75) is 26.8 Å². The summed E-state index contributed by atoms with van der Waals surface area (Å²) < 4.78 is 0. The Kier molecular flexibility index (Phi) is 8.54. The van der Waals surface area contributed by atoms with E-state index in [0.29, 0.717) is 0 Å². The molecule has 0 bridgehead atoms. The number of nitrogens with zero attached hydrogens (tertiary/aromatic N) is 3. The topological polar surface area (TPSA) is 40.5 Å². The van der Waals surface area contributed by atoms with Crippen molar-refractivity contribution >= 4 is 41.3 Å². The van der Waals surface area contributed by atoms with Crippen LogP contribution in [0.1, 0.15) is 21.8 Å². The Morgan fingerprint density at radius 3 is 2.74 bits per heavy atom. The van der Waals surface area contributed by atoms with Crippen LogP contribution in [0.4, 0.5) is 0 Å². The summed E-state index contributed by atoms with van der Waals surface area (Å²) >= 11 is 1.68. The Labute approximate surface area is 160 Å². The van der Waals surface area contributed by atoms with Crippen LogP contribution in [-0.2, 0) is 13.0 Å². The lowest BCUT2D eigenvalue weighted by atomic mass is 10.1. The smallest absolute Gasteiger partial charge is 0.193 e. The first-order valence-corrected chi connectivity index (χ1v) is 8.35. The number of halogens is 1. The fourth-order valence-corrected chi connectivity index (χ4v) is 2.97. The molecule has 1 N–H and O–H groups in total. The minimum Gasteiger partial charge on any atom is -0.356 e. The molecule has 1 heterocycles. The number of aliphatic imine (C=N–C) groups is 1. The highest BCUT2D eigenvalue weighted by Crippen LogP contribution is 2.10. The third kappa shape index (κ3) is 6.47. The summed E-state index contributed by atoms with van der Waals surface area (Å²) in [5.41, 5.74) is 3.74. The highest BCUT2D eigenvalue weighted by Gasteiger charge is 2.08. The molecule has 0 aliphatic carbocycles. The lowest BCUT2D eigenvalue weighted by Crippen LogP contribution is -2.39. The number of aryl methyl sites for hydroxylation is 2. The summed E-state index contributed by atoms with van der Waals surface area (Å²) in [5.74, 6) is 0.901. The molecule has 2 rings (SSSR count). The van der Waals surface area contributed by atoms with E-state index in [9.17, 15) is 0 Å². The molecule has 0 spiro atoms. The highest BCUT2D eigenvalue weighted by molar-refractivity contribution is 14.0. The maximum Gasteiger partial charge on any atom is 0.193 e. The van der Waals surface area contributed by atoms with Crippen LogP contribution in [0.3, 0.4) is 0 Å². The van der Waals surface area contributed by atoms with Gasteiger partial charge in [0.15, 0.2) is 5.96 Å². The van der Waals surface area contributed by atoms with Crippen molar-refractivity contribution in [3.8, 4) is 0 Å². The van der Waals surface area contributed by atoms with Crippen molar-refractivity contribution in [2.75, 3.05) is 20.6 Å². The molecule has 0 amide bonds. The second-order valence-electron chi connectivity index (χ2n) is 5.43. The Bertz CT molecular complexity index is 639. The molecule has 1 aromatic heterocycles. The van der Waals surface area contributed by atoms with Gasteiger partial charge in [0, 0.05) is 26.0 Å². The minimum absolute atomic E-state index is 0. The van der Waals surface area contributed by atoms with Crippen LogP contribution in [-0.4, -0.2) is 36.5 Å². The molecule has 0 aliphatic heterocycles. The Hall–Kier alpha value is -1.15. The number of benzene rings is 1. The summed E-state index contributed by atoms with van der Waals surface area (Å²) in [5, 5.41) is 6.62. The third-order valence-corrected chi connectivity index (χ3v) is 4.24. The van der Waals surface area contributed by atoms with E-state index in [1.54, 1.807) is 11.3 Å². The van der Waals surface area contributed by atoms with Crippen LogP contribution in [0.2, 0.25) is 0 Å². The molecule has 0 unspecified atom stereocenters. The zero-order valence-electron chi connectivity index (χ0n) is 14.2. The predicted octanol–water partition coefficient (Wildman–Crippen LogP) is 3.63. The molecule has 0 radical (unpaired) electrons. The monoisotopic (exact) mass is 444 g/mol. The quantitative estimate of drug-likeness (QED) is 0.435. The first-order chi connectivity index (χ1) is 10.6. The molecule has 4 nitrogen and oxygen atoms in total. The number of aromatic nitrogens is 1. The van der Waals surface area contributed by atoms with Crippen molar-refractivity contribution in [3.63, 3.8) is 0 Å². The van der Waals surface area contributed by atoms with Crippen LogP contribution in [0, 0.1) is 13.8 Å². The SMILES string of the molecule is CN=C(NCCc1cccc(C)c1)N(C)Cc1csc(C)n1.I. The zero-order valence-corrected chi connectivity index (χ0v) is 17.3. The third-order valence-electron chi connectivity index (χ3n) is 3.42. The number of nitrogens with one attached hydrogen (secondary N) is 1. The largest absolute Gasteiger partial charge is 0.356 e. The second-order valence-corrected chi connectivity index (χ2v) is 6.49. The fourth-order valence-electron chi connectivity index (χ4n) is 2.37. The van der Waals surface area contributed by atoms with Crippen LogP contribution < -0.4 is 5.32 Å². The van der Waals surface area contributed by atoms with Gasteiger partial charge in [-0.1, -0.05) is 29.8 Å². The molecule has 0 saturated carbocycles. The zero-order chi connectivity index (χ0) is 15.9. The molecule has 0 saturated heterocycles. The van der Waals surface area contributed by atoms with E-state index in [0.717, 1.165) is 36.2 Å².